The van der Waals surface area contributed by atoms with Crippen molar-refractivity contribution in [2.45, 2.75) is 32.0 Å². The Kier molecular flexibility index (Phi) is 7.86. The molecule has 12 heteroatoms. The molecule has 1 N–H and O–H groups in total. The molecule has 2 aromatic carbocycles. The van der Waals surface area contributed by atoms with Crippen LogP contribution in [0.4, 0.5) is 13.2 Å². The first-order chi connectivity index (χ1) is 18.0. The van der Waals surface area contributed by atoms with E-state index < -0.39 is 34.5 Å². The highest BCUT2D eigenvalue weighted by molar-refractivity contribution is 5.91. The molecule has 38 heavy (non-hydrogen) atoms. The minimum Gasteiger partial charge on any atom is -0.604 e. The van der Waals surface area contributed by atoms with Gasteiger partial charge in [-0.2, -0.15) is 18.3 Å². The number of halogens is 3. The first-order valence-electron chi connectivity index (χ1n) is 12.0. The zero-order valence-corrected chi connectivity index (χ0v) is 20.8. The molecule has 0 radical (unpaired) electrons. The molecule has 1 aliphatic heterocycles. The predicted octanol–water partition coefficient (Wildman–Crippen LogP) is 4.82. The third kappa shape index (κ3) is 5.72. The van der Waals surface area contributed by atoms with Gasteiger partial charge in [0.15, 0.2) is 5.69 Å². The summed E-state index contributed by atoms with van der Waals surface area (Å²) in [6.45, 7) is 1.97. The van der Waals surface area contributed by atoms with Gasteiger partial charge >= 0.3 is 18.1 Å². The lowest BCUT2D eigenvalue weighted by Crippen LogP contribution is -2.62. The lowest BCUT2D eigenvalue weighted by Gasteiger charge is -2.48. The highest BCUT2D eigenvalue weighted by Crippen LogP contribution is 2.32. The van der Waals surface area contributed by atoms with E-state index in [2.05, 4.69) is 10.2 Å². The number of aromatic amines is 1. The van der Waals surface area contributed by atoms with Gasteiger partial charge in [0, 0.05) is 24.5 Å². The number of methoxy groups -OCH3 is 1. The summed E-state index contributed by atoms with van der Waals surface area (Å²) >= 11 is 0. The molecular weight excluding hydrogens is 505 g/mol. The molecule has 2 heterocycles. The summed E-state index contributed by atoms with van der Waals surface area (Å²) in [6.07, 6.45) is -4.14. The fourth-order valence-electron chi connectivity index (χ4n) is 4.38. The second kappa shape index (κ2) is 10.9. The maximum absolute atomic E-state index is 13.7. The average Bonchev–Trinajstić information content (AvgIpc) is 3.42. The van der Waals surface area contributed by atoms with Gasteiger partial charge < -0.3 is 14.7 Å². The average molecular weight is 533 g/mol. The number of quaternary nitrogens is 1. The summed E-state index contributed by atoms with van der Waals surface area (Å²) in [4.78, 5) is 25.1. The Labute approximate surface area is 216 Å². The number of amides is 1. The summed E-state index contributed by atoms with van der Waals surface area (Å²) in [6, 6.07) is 12.7. The first-order valence-corrected chi connectivity index (χ1v) is 12.0. The molecule has 1 atom stereocenters. The van der Waals surface area contributed by atoms with Crippen molar-refractivity contribution in [1.29, 1.82) is 0 Å². The largest absolute Gasteiger partial charge is 0.604 e. The van der Waals surface area contributed by atoms with Gasteiger partial charge in [-0.1, -0.05) is 18.2 Å². The highest BCUT2D eigenvalue weighted by atomic mass is 19.4. The fraction of sp³-hybridized carbons (Fsp3) is 0.346. The molecule has 0 aliphatic carbocycles. The molecule has 1 unspecified atom stereocenters. The second-order valence-corrected chi connectivity index (χ2v) is 8.86. The summed E-state index contributed by atoms with van der Waals surface area (Å²) in [5.41, 5.74) is 0.489. The van der Waals surface area contributed by atoms with Crippen molar-refractivity contribution in [3.63, 3.8) is 0 Å². The van der Waals surface area contributed by atoms with Gasteiger partial charge in [-0.15, -0.1) is 5.01 Å². The predicted molar refractivity (Wildman–Crippen MR) is 131 cm³/mol. The topological polar surface area (TPSA) is 108 Å². The number of piperidine rings is 1. The summed E-state index contributed by atoms with van der Waals surface area (Å²) in [5, 5.41) is 22.0. The van der Waals surface area contributed by atoms with E-state index in [-0.39, 0.29) is 31.1 Å². The van der Waals surface area contributed by atoms with E-state index >= 15 is 0 Å². The smallest absolute Gasteiger partial charge is 0.416 e. The molecule has 1 fully saturated rings. The Hall–Kier alpha value is -3.74. The molecule has 202 valence electrons. The number of hydroxylamine groups is 2. The third-order valence-corrected chi connectivity index (χ3v) is 6.47. The normalized spacial score (nSPS) is 16.6. The molecule has 1 aromatic heterocycles. The van der Waals surface area contributed by atoms with Gasteiger partial charge in [0.2, 0.25) is 0 Å². The van der Waals surface area contributed by atoms with Crippen molar-refractivity contribution in [3.05, 3.63) is 76.6 Å². The van der Waals surface area contributed by atoms with Crippen molar-refractivity contribution in [1.82, 2.24) is 15.2 Å². The number of hydrogen-bond acceptors (Lipinski definition) is 7. The lowest BCUT2D eigenvalue weighted by atomic mass is 10.1. The van der Waals surface area contributed by atoms with Crippen LogP contribution in [0.2, 0.25) is 0 Å². The number of nitrogens with zero attached hydrogens (tertiary/aromatic N) is 3. The zero-order chi connectivity index (χ0) is 27.5. The molecule has 9 nitrogen and oxygen atoms in total. The maximum atomic E-state index is 13.7. The molecular formula is C26H27F3N4O5. The molecule has 0 saturated carbocycles. The van der Waals surface area contributed by atoms with E-state index in [1.807, 2.05) is 0 Å². The van der Waals surface area contributed by atoms with E-state index in [0.717, 1.165) is 12.1 Å². The van der Waals surface area contributed by atoms with Crippen molar-refractivity contribution in [2.24, 2.45) is 0 Å². The number of benzene rings is 2. The van der Waals surface area contributed by atoms with Crippen LogP contribution in [0, 0.1) is 5.21 Å². The Morgan fingerprint density at radius 1 is 1.13 bits per heavy atom. The van der Waals surface area contributed by atoms with Crippen molar-refractivity contribution < 1.29 is 37.0 Å². The Morgan fingerprint density at radius 2 is 1.84 bits per heavy atom. The van der Waals surface area contributed by atoms with Crippen LogP contribution in [0.25, 0.3) is 11.3 Å². The fourth-order valence-corrected chi connectivity index (χ4v) is 4.38. The summed E-state index contributed by atoms with van der Waals surface area (Å²) in [7, 11) is 1.27. The molecule has 1 aliphatic rings. The molecule has 3 aromatic rings. The van der Waals surface area contributed by atoms with Gasteiger partial charge in [-0.05, 0) is 37.3 Å². The number of nitrogens with one attached hydrogen (secondary N) is 1. The van der Waals surface area contributed by atoms with Gasteiger partial charge in [0.05, 0.1) is 37.0 Å². The summed E-state index contributed by atoms with van der Waals surface area (Å²) < 4.78 is 48.2. The van der Waals surface area contributed by atoms with Gasteiger partial charge in [-0.25, -0.2) is 14.3 Å². The Bertz CT molecular complexity index is 1300. The molecule has 1 amide bonds. The third-order valence-electron chi connectivity index (χ3n) is 6.47. The van der Waals surface area contributed by atoms with Crippen molar-refractivity contribution >= 4 is 11.9 Å². The number of carbonyl (C=O) groups excluding carboxylic acids is 2. The number of H-pyrrole nitrogens is 1. The van der Waals surface area contributed by atoms with Crippen LogP contribution in [0.3, 0.4) is 0 Å². The number of carbonyl (C=O) groups is 2. The van der Waals surface area contributed by atoms with E-state index in [9.17, 15) is 28.0 Å². The molecule has 1 saturated heterocycles. The van der Waals surface area contributed by atoms with Crippen molar-refractivity contribution in [3.8, 4) is 17.0 Å². The van der Waals surface area contributed by atoms with Crippen LogP contribution in [0.1, 0.15) is 46.2 Å². The molecule has 0 bridgehead atoms. The van der Waals surface area contributed by atoms with Crippen molar-refractivity contribution in [2.75, 3.05) is 26.7 Å². The SMILES string of the molecule is CC[N+]([O-])(C(=O)c1cc(-c2cccc(C(=O)OC)c2)n[nH]1)N1CCC(Oc2cccc(C(F)(F)F)c2)CC1. The van der Waals surface area contributed by atoms with Crippen LogP contribution in [0.5, 0.6) is 5.75 Å². The Balaban J connectivity index is 1.43. The van der Waals surface area contributed by atoms with E-state index in [1.54, 1.807) is 31.2 Å². The van der Waals surface area contributed by atoms with E-state index in [1.165, 1.54) is 30.3 Å². The molecule has 4 rings (SSSR count). The molecule has 0 spiro atoms. The van der Waals surface area contributed by atoms with Gasteiger partial charge in [0.25, 0.3) is 0 Å². The quantitative estimate of drug-likeness (QED) is 0.264. The first kappa shape index (κ1) is 27.3. The number of ether oxygens (including phenoxy) is 2. The Morgan fingerprint density at radius 3 is 2.50 bits per heavy atom. The lowest BCUT2D eigenvalue weighted by molar-refractivity contribution is -0.921. The number of aromatic nitrogens is 2. The van der Waals surface area contributed by atoms with Gasteiger partial charge in [-0.3, -0.25) is 5.10 Å². The number of hydrogen-bond donors (Lipinski definition) is 1. The minimum atomic E-state index is -4.47. The number of alkyl halides is 3. The number of esters is 1. The maximum Gasteiger partial charge on any atom is 0.416 e. The standard InChI is InChI=1S/C26H27F3N4O5/c1-3-33(36,24(34)23-16-22(30-31-23)17-6-4-7-18(14-17)25(35)37-2)32-12-10-20(11-13-32)38-21-9-5-8-19(15-21)26(27,28)29/h4-9,14-16,20H,3,10-13H2,1-2H3,(H,30,31). The van der Waals surface area contributed by atoms with E-state index in [0.29, 0.717) is 29.7 Å². The highest BCUT2D eigenvalue weighted by Gasteiger charge is 2.39. The minimum absolute atomic E-state index is 0.0164. The second-order valence-electron chi connectivity index (χ2n) is 8.86. The van der Waals surface area contributed by atoms with Gasteiger partial charge in [0.1, 0.15) is 18.4 Å². The van der Waals surface area contributed by atoms with Crippen LogP contribution >= 0.6 is 0 Å². The van der Waals surface area contributed by atoms with Crippen LogP contribution in [-0.4, -0.2) is 64.7 Å². The summed E-state index contributed by atoms with van der Waals surface area (Å²) in [5.74, 6) is -1.14. The zero-order valence-electron chi connectivity index (χ0n) is 20.8. The number of rotatable bonds is 7. The van der Waals surface area contributed by atoms with Crippen LogP contribution in [0.15, 0.2) is 54.6 Å². The van der Waals surface area contributed by atoms with E-state index in [4.69, 9.17) is 9.47 Å². The monoisotopic (exact) mass is 532 g/mol. The van der Waals surface area contributed by atoms with Crippen LogP contribution in [-0.2, 0) is 10.9 Å². The van der Waals surface area contributed by atoms with Crippen LogP contribution < -0.4 is 4.74 Å².